The Labute approximate surface area is 177 Å². The predicted molar refractivity (Wildman–Crippen MR) is 116 cm³/mol. The molecule has 1 unspecified atom stereocenters. The smallest absolute Gasteiger partial charge is 0.246 e. The molecule has 0 saturated carbocycles. The van der Waals surface area contributed by atoms with Crippen LogP contribution in [0.25, 0.3) is 0 Å². The molecule has 2 heterocycles. The number of hydrogen-bond acceptors (Lipinski definition) is 5. The van der Waals surface area contributed by atoms with Crippen LogP contribution in [0.3, 0.4) is 0 Å². The fraction of sp³-hybridized carbons (Fsp3) is 0.409. The molecule has 1 amide bonds. The normalized spacial score (nSPS) is 18.5. The highest BCUT2D eigenvalue weighted by atomic mass is 32.2. The zero-order valence-electron chi connectivity index (χ0n) is 17.1. The Balaban J connectivity index is 1.50. The third kappa shape index (κ3) is 4.21. The van der Waals surface area contributed by atoms with E-state index >= 15 is 0 Å². The molecule has 2 aromatic rings. The van der Waals surface area contributed by atoms with Gasteiger partial charge in [0.1, 0.15) is 6.04 Å². The molecule has 0 bridgehead atoms. The van der Waals surface area contributed by atoms with Crippen LogP contribution in [0.2, 0.25) is 0 Å². The number of nitrogens with one attached hydrogen (secondary N) is 1. The molecule has 160 valence electrons. The average Bonchev–Trinajstić information content (AvgIpc) is 2.79. The second-order valence-electron chi connectivity index (χ2n) is 7.64. The number of morpholine rings is 1. The van der Waals surface area contributed by atoms with Crippen LogP contribution in [0, 0.1) is 0 Å². The Kier molecular flexibility index (Phi) is 6.08. The summed E-state index contributed by atoms with van der Waals surface area (Å²) in [5.74, 6) is -0.160. The predicted octanol–water partition coefficient (Wildman–Crippen LogP) is 2.49. The van der Waals surface area contributed by atoms with E-state index in [9.17, 15) is 13.2 Å². The van der Waals surface area contributed by atoms with Crippen molar-refractivity contribution >= 4 is 27.3 Å². The summed E-state index contributed by atoms with van der Waals surface area (Å²) in [4.78, 5) is 15.2. The zero-order chi connectivity index (χ0) is 21.1. The van der Waals surface area contributed by atoms with Crippen molar-refractivity contribution in [1.82, 2.24) is 4.31 Å². The number of rotatable bonds is 5. The van der Waals surface area contributed by atoms with Crippen molar-refractivity contribution in [3.63, 3.8) is 0 Å². The molecule has 2 aliphatic rings. The Morgan fingerprint density at radius 1 is 1.07 bits per heavy atom. The van der Waals surface area contributed by atoms with Gasteiger partial charge in [-0.05, 0) is 49.6 Å². The molecule has 7 nitrogen and oxygen atoms in total. The van der Waals surface area contributed by atoms with E-state index in [-0.39, 0.29) is 16.8 Å². The van der Waals surface area contributed by atoms with E-state index in [1.807, 2.05) is 25.1 Å². The molecule has 2 aromatic carbocycles. The van der Waals surface area contributed by atoms with Crippen molar-refractivity contribution < 1.29 is 17.9 Å². The molecule has 1 atom stereocenters. The first-order valence-corrected chi connectivity index (χ1v) is 11.7. The first kappa shape index (κ1) is 20.8. The van der Waals surface area contributed by atoms with Gasteiger partial charge in [-0.1, -0.05) is 24.3 Å². The van der Waals surface area contributed by atoms with Crippen LogP contribution < -0.4 is 10.2 Å². The molecule has 2 aliphatic heterocycles. The van der Waals surface area contributed by atoms with Crippen molar-refractivity contribution in [2.24, 2.45) is 0 Å². The van der Waals surface area contributed by atoms with Crippen LogP contribution in [0.5, 0.6) is 0 Å². The van der Waals surface area contributed by atoms with Crippen molar-refractivity contribution in [1.29, 1.82) is 0 Å². The van der Waals surface area contributed by atoms with Gasteiger partial charge in [-0.2, -0.15) is 4.31 Å². The van der Waals surface area contributed by atoms with Crippen LogP contribution in [0.1, 0.15) is 18.9 Å². The number of aryl methyl sites for hydroxylation is 1. The minimum atomic E-state index is -3.61. The number of carbonyl (C=O) groups is 1. The van der Waals surface area contributed by atoms with Crippen LogP contribution >= 0.6 is 0 Å². The first-order valence-electron chi connectivity index (χ1n) is 10.3. The molecular formula is C22H27N3O4S. The second kappa shape index (κ2) is 8.75. The number of hydrogen-bond donors (Lipinski definition) is 1. The molecule has 1 fully saturated rings. The lowest BCUT2D eigenvalue weighted by atomic mass is 10.00. The van der Waals surface area contributed by atoms with E-state index < -0.39 is 10.0 Å². The summed E-state index contributed by atoms with van der Waals surface area (Å²) in [6, 6.07) is 14.3. The Morgan fingerprint density at radius 2 is 1.83 bits per heavy atom. The van der Waals surface area contributed by atoms with Gasteiger partial charge in [0.05, 0.1) is 18.1 Å². The summed E-state index contributed by atoms with van der Waals surface area (Å²) in [7, 11) is -3.61. The molecule has 0 spiro atoms. The third-order valence-electron chi connectivity index (χ3n) is 5.70. The van der Waals surface area contributed by atoms with Crippen molar-refractivity contribution in [3.05, 3.63) is 54.1 Å². The molecule has 0 aromatic heterocycles. The number of benzene rings is 2. The standard InChI is InChI=1S/C22H27N3O4S/c1-17(25-11-5-7-18-6-2-3-10-21(18)25)22(26)23-19-8-4-9-20(16-19)30(27,28)24-12-14-29-15-13-24/h2-4,6,8-10,16-17H,5,7,11-15H2,1H3,(H,23,26). The lowest BCUT2D eigenvalue weighted by molar-refractivity contribution is -0.117. The molecule has 0 radical (unpaired) electrons. The van der Waals surface area contributed by atoms with Crippen LogP contribution in [-0.4, -0.2) is 57.5 Å². The van der Waals surface area contributed by atoms with Gasteiger partial charge in [0, 0.05) is 31.0 Å². The summed E-state index contributed by atoms with van der Waals surface area (Å²) in [6.07, 6.45) is 2.02. The first-order chi connectivity index (χ1) is 14.5. The largest absolute Gasteiger partial charge is 0.379 e. The fourth-order valence-corrected chi connectivity index (χ4v) is 5.48. The van der Waals surface area contributed by atoms with Gasteiger partial charge >= 0.3 is 0 Å². The summed E-state index contributed by atoms with van der Waals surface area (Å²) < 4.78 is 32.5. The minimum absolute atomic E-state index is 0.160. The zero-order valence-corrected chi connectivity index (χ0v) is 17.9. The number of amides is 1. The maximum atomic E-state index is 13.0. The third-order valence-corrected chi connectivity index (χ3v) is 7.60. The van der Waals surface area contributed by atoms with Crippen LogP contribution in [0.15, 0.2) is 53.4 Å². The number of nitrogens with zero attached hydrogens (tertiary/aromatic N) is 2. The number of anilines is 2. The van der Waals surface area contributed by atoms with Crippen molar-refractivity contribution in [2.45, 2.75) is 30.7 Å². The van der Waals surface area contributed by atoms with E-state index in [4.69, 9.17) is 4.74 Å². The molecule has 1 N–H and O–H groups in total. The Bertz CT molecular complexity index is 1020. The van der Waals surface area contributed by atoms with Gasteiger partial charge in [-0.15, -0.1) is 0 Å². The molecule has 1 saturated heterocycles. The Hall–Kier alpha value is -2.42. The summed E-state index contributed by atoms with van der Waals surface area (Å²) in [5, 5.41) is 2.90. The maximum Gasteiger partial charge on any atom is 0.246 e. The van der Waals surface area contributed by atoms with E-state index in [0.717, 1.165) is 25.1 Å². The monoisotopic (exact) mass is 429 g/mol. The van der Waals surface area contributed by atoms with E-state index in [1.54, 1.807) is 18.2 Å². The van der Waals surface area contributed by atoms with Gasteiger partial charge in [0.15, 0.2) is 0 Å². The van der Waals surface area contributed by atoms with Gasteiger partial charge in [0.25, 0.3) is 0 Å². The SMILES string of the molecule is CC(C(=O)Nc1cccc(S(=O)(=O)N2CCOCC2)c1)N1CCCc2ccccc21. The number of sulfonamides is 1. The quantitative estimate of drug-likeness (QED) is 0.790. The molecule has 8 heteroatoms. The average molecular weight is 430 g/mol. The van der Waals surface area contributed by atoms with Crippen LogP contribution in [0.4, 0.5) is 11.4 Å². The second-order valence-corrected chi connectivity index (χ2v) is 9.57. The number of carbonyl (C=O) groups excluding carboxylic acids is 1. The number of fused-ring (bicyclic) bond motifs is 1. The lowest BCUT2D eigenvalue weighted by Gasteiger charge is -2.35. The Morgan fingerprint density at radius 3 is 2.63 bits per heavy atom. The number of para-hydroxylation sites is 1. The summed E-state index contributed by atoms with van der Waals surface area (Å²) in [6.45, 7) is 4.16. The maximum absolute atomic E-state index is 13.0. The van der Waals surface area contributed by atoms with Crippen LogP contribution in [-0.2, 0) is 26.0 Å². The topological polar surface area (TPSA) is 79.0 Å². The van der Waals surface area contributed by atoms with E-state index in [0.29, 0.717) is 32.0 Å². The highest BCUT2D eigenvalue weighted by Gasteiger charge is 2.28. The summed E-state index contributed by atoms with van der Waals surface area (Å²) >= 11 is 0. The van der Waals surface area contributed by atoms with Gasteiger partial charge in [0.2, 0.25) is 15.9 Å². The van der Waals surface area contributed by atoms with Gasteiger partial charge in [-0.25, -0.2) is 8.42 Å². The lowest BCUT2D eigenvalue weighted by Crippen LogP contribution is -2.44. The van der Waals surface area contributed by atoms with E-state index in [2.05, 4.69) is 16.3 Å². The van der Waals surface area contributed by atoms with Crippen molar-refractivity contribution in [3.8, 4) is 0 Å². The highest BCUT2D eigenvalue weighted by molar-refractivity contribution is 7.89. The van der Waals surface area contributed by atoms with E-state index in [1.165, 1.54) is 15.9 Å². The van der Waals surface area contributed by atoms with Crippen molar-refractivity contribution in [2.75, 3.05) is 43.1 Å². The fourth-order valence-electron chi connectivity index (χ4n) is 4.02. The summed E-state index contributed by atoms with van der Waals surface area (Å²) in [5.41, 5.74) is 2.82. The molecular weight excluding hydrogens is 402 g/mol. The van der Waals surface area contributed by atoms with Gasteiger partial charge < -0.3 is 15.0 Å². The molecule has 30 heavy (non-hydrogen) atoms. The minimum Gasteiger partial charge on any atom is -0.379 e. The highest BCUT2D eigenvalue weighted by Crippen LogP contribution is 2.29. The van der Waals surface area contributed by atoms with Gasteiger partial charge in [-0.3, -0.25) is 4.79 Å². The number of ether oxygens (including phenoxy) is 1. The molecule has 0 aliphatic carbocycles. The molecule has 4 rings (SSSR count).